The molecule has 1 heterocycles. The normalized spacial score (nSPS) is 14.6. The molecule has 0 saturated carbocycles. The van der Waals surface area contributed by atoms with E-state index in [4.69, 9.17) is 0 Å². The Labute approximate surface area is 225 Å². The number of fused-ring (bicyclic) bond motifs is 1. The van der Waals surface area contributed by atoms with E-state index < -0.39 is 22.4 Å². The van der Waals surface area contributed by atoms with Crippen LogP contribution in [0.5, 0.6) is 0 Å². The fourth-order valence-electron chi connectivity index (χ4n) is 5.20. The molecule has 3 aromatic rings. The molecule has 0 atom stereocenters. The zero-order chi connectivity index (χ0) is 27.8. The highest BCUT2D eigenvalue weighted by Gasteiger charge is 2.43. The summed E-state index contributed by atoms with van der Waals surface area (Å²) in [6, 6.07) is 20.7. The number of nitrogens with zero attached hydrogens (tertiary/aromatic N) is 2. The van der Waals surface area contributed by atoms with Crippen LogP contribution in [0.15, 0.2) is 83.4 Å². The van der Waals surface area contributed by atoms with Crippen molar-refractivity contribution in [3.05, 3.63) is 106 Å². The van der Waals surface area contributed by atoms with Crippen molar-refractivity contribution in [3.63, 3.8) is 0 Å². The Morgan fingerprint density at radius 2 is 1.45 bits per heavy atom. The Kier molecular flexibility index (Phi) is 7.61. The minimum Gasteiger partial charge on any atom is -0.364 e. The zero-order valence-corrected chi connectivity index (χ0v) is 23.5. The summed E-state index contributed by atoms with van der Waals surface area (Å²) in [4.78, 5) is 30.0. The summed E-state index contributed by atoms with van der Waals surface area (Å²) < 4.78 is 29.3. The highest BCUT2D eigenvalue weighted by atomic mass is 32.2. The van der Waals surface area contributed by atoms with Crippen LogP contribution in [-0.4, -0.2) is 47.8 Å². The van der Waals surface area contributed by atoms with Crippen LogP contribution in [0.25, 0.3) is 5.70 Å². The number of hydrogen-bond donors (Lipinski definition) is 0. The van der Waals surface area contributed by atoms with Crippen molar-refractivity contribution < 1.29 is 18.0 Å². The Hall–Kier alpha value is -3.71. The summed E-state index contributed by atoms with van der Waals surface area (Å²) in [6.07, 6.45) is 0. The summed E-state index contributed by atoms with van der Waals surface area (Å²) in [5.74, 6) is -0.817. The van der Waals surface area contributed by atoms with Gasteiger partial charge < -0.3 is 4.90 Å². The monoisotopic (exact) mass is 530 g/mol. The Bertz CT molecular complexity index is 1510. The van der Waals surface area contributed by atoms with E-state index >= 15 is 0 Å². The van der Waals surface area contributed by atoms with Gasteiger partial charge >= 0.3 is 0 Å². The van der Waals surface area contributed by atoms with Gasteiger partial charge in [-0.2, -0.15) is 0 Å². The minimum absolute atomic E-state index is 0.00425. The topological polar surface area (TPSA) is 74.8 Å². The standard InChI is InChI=1S/C31H34N2O4S/c1-20(2)33(21(3)4)29-26-14-10-11-15-28(26)38(36,37)32(30(29)31(35)24-12-8-7-9-13-24)19-27(34)25-17-16-22(5)18-23(25)6/h7-18,20-21H,19H2,1-6H3. The van der Waals surface area contributed by atoms with Gasteiger partial charge in [0, 0.05) is 28.8 Å². The number of ketones is 2. The smallest absolute Gasteiger partial charge is 0.265 e. The number of aryl methyl sites for hydroxylation is 2. The molecule has 3 aromatic carbocycles. The largest absolute Gasteiger partial charge is 0.364 e. The van der Waals surface area contributed by atoms with Gasteiger partial charge in [-0.25, -0.2) is 8.42 Å². The third-order valence-corrected chi connectivity index (χ3v) is 8.58. The Balaban J connectivity index is 2.03. The van der Waals surface area contributed by atoms with E-state index in [0.29, 0.717) is 22.4 Å². The van der Waals surface area contributed by atoms with Gasteiger partial charge in [0.15, 0.2) is 5.78 Å². The van der Waals surface area contributed by atoms with Crippen LogP contribution in [0.4, 0.5) is 0 Å². The van der Waals surface area contributed by atoms with E-state index in [1.165, 1.54) is 0 Å². The van der Waals surface area contributed by atoms with Crippen molar-refractivity contribution in [2.24, 2.45) is 0 Å². The summed E-state index contributed by atoms with van der Waals surface area (Å²) >= 11 is 0. The molecular weight excluding hydrogens is 496 g/mol. The number of carbonyl (C=O) groups is 2. The quantitative estimate of drug-likeness (QED) is 0.341. The van der Waals surface area contributed by atoms with E-state index in [2.05, 4.69) is 4.90 Å². The van der Waals surface area contributed by atoms with Crippen LogP contribution in [-0.2, 0) is 10.0 Å². The van der Waals surface area contributed by atoms with Gasteiger partial charge in [0.2, 0.25) is 5.78 Å². The molecule has 198 valence electrons. The average Bonchev–Trinajstić information content (AvgIpc) is 2.86. The molecule has 38 heavy (non-hydrogen) atoms. The highest BCUT2D eigenvalue weighted by molar-refractivity contribution is 7.89. The van der Waals surface area contributed by atoms with Crippen LogP contribution >= 0.6 is 0 Å². The van der Waals surface area contributed by atoms with Gasteiger partial charge in [0.05, 0.1) is 17.1 Å². The second-order valence-corrected chi connectivity index (χ2v) is 12.1. The molecule has 6 nitrogen and oxygen atoms in total. The van der Waals surface area contributed by atoms with Gasteiger partial charge in [-0.05, 0) is 53.2 Å². The number of allylic oxidation sites excluding steroid dienone is 1. The first-order valence-electron chi connectivity index (χ1n) is 12.8. The summed E-state index contributed by atoms with van der Waals surface area (Å²) in [6.45, 7) is 11.3. The van der Waals surface area contributed by atoms with Crippen LogP contribution in [0, 0.1) is 13.8 Å². The first kappa shape index (κ1) is 27.3. The maximum atomic E-state index is 14.2. The average molecular weight is 531 g/mol. The van der Waals surface area contributed by atoms with E-state index in [9.17, 15) is 18.0 Å². The molecule has 0 unspecified atom stereocenters. The maximum absolute atomic E-state index is 14.2. The van der Waals surface area contributed by atoms with Crippen LogP contribution in [0.3, 0.4) is 0 Å². The van der Waals surface area contributed by atoms with Crippen LogP contribution in [0.1, 0.15) is 65.1 Å². The van der Waals surface area contributed by atoms with E-state index in [1.54, 1.807) is 60.7 Å². The number of sulfonamides is 1. The zero-order valence-electron chi connectivity index (χ0n) is 22.7. The molecule has 0 aromatic heterocycles. The fourth-order valence-corrected chi connectivity index (χ4v) is 6.83. The molecule has 0 aliphatic carbocycles. The van der Waals surface area contributed by atoms with Gasteiger partial charge in [-0.3, -0.25) is 13.9 Å². The first-order chi connectivity index (χ1) is 17.9. The summed E-state index contributed by atoms with van der Waals surface area (Å²) in [5, 5.41) is 0. The van der Waals surface area contributed by atoms with E-state index in [0.717, 1.165) is 15.4 Å². The molecule has 0 fully saturated rings. The molecule has 0 bridgehead atoms. The second kappa shape index (κ2) is 10.6. The van der Waals surface area contributed by atoms with Crippen molar-refractivity contribution in [1.82, 2.24) is 9.21 Å². The lowest BCUT2D eigenvalue weighted by molar-refractivity contribution is 0.0955. The third-order valence-electron chi connectivity index (χ3n) is 6.78. The maximum Gasteiger partial charge on any atom is 0.265 e. The molecular formula is C31H34N2O4S. The van der Waals surface area contributed by atoms with Crippen LogP contribution in [0.2, 0.25) is 0 Å². The van der Waals surface area contributed by atoms with Gasteiger partial charge in [-0.1, -0.05) is 72.3 Å². The van der Waals surface area contributed by atoms with Crippen molar-refractivity contribution in [3.8, 4) is 0 Å². The highest BCUT2D eigenvalue weighted by Crippen LogP contribution is 2.41. The van der Waals surface area contributed by atoms with E-state index in [1.807, 2.05) is 53.7 Å². The van der Waals surface area contributed by atoms with Crippen molar-refractivity contribution in [1.29, 1.82) is 0 Å². The predicted molar refractivity (Wildman–Crippen MR) is 150 cm³/mol. The van der Waals surface area contributed by atoms with Crippen molar-refractivity contribution >= 4 is 27.3 Å². The van der Waals surface area contributed by atoms with Crippen molar-refractivity contribution in [2.75, 3.05) is 6.54 Å². The van der Waals surface area contributed by atoms with Crippen molar-refractivity contribution in [2.45, 2.75) is 58.5 Å². The van der Waals surface area contributed by atoms with Crippen LogP contribution < -0.4 is 0 Å². The van der Waals surface area contributed by atoms with Gasteiger partial charge in [-0.15, -0.1) is 0 Å². The van der Waals surface area contributed by atoms with Gasteiger partial charge in [0.25, 0.3) is 10.0 Å². The molecule has 0 amide bonds. The third kappa shape index (κ3) is 4.90. The number of Topliss-reactive ketones (excluding diaryl/α,β-unsaturated/α-hetero) is 2. The number of carbonyl (C=O) groups excluding carboxylic acids is 2. The number of rotatable bonds is 8. The SMILES string of the molecule is Cc1ccc(C(=O)CN2C(C(=O)c3ccccc3)=C(N(C(C)C)C(C)C)c3ccccc3S2(=O)=O)c(C)c1. The molecule has 0 radical (unpaired) electrons. The minimum atomic E-state index is -4.22. The first-order valence-corrected chi connectivity index (χ1v) is 14.2. The molecule has 0 N–H and O–H groups in total. The number of hydrogen-bond acceptors (Lipinski definition) is 5. The molecule has 1 aliphatic rings. The molecule has 4 rings (SSSR count). The predicted octanol–water partition coefficient (Wildman–Crippen LogP) is 5.86. The number of benzene rings is 3. The van der Waals surface area contributed by atoms with Gasteiger partial charge in [0.1, 0.15) is 5.70 Å². The molecule has 7 heteroatoms. The Morgan fingerprint density at radius 1 is 0.842 bits per heavy atom. The summed E-state index contributed by atoms with van der Waals surface area (Å²) in [7, 11) is -4.22. The summed E-state index contributed by atoms with van der Waals surface area (Å²) in [5.41, 5.74) is 3.52. The lowest BCUT2D eigenvalue weighted by Gasteiger charge is -2.42. The van der Waals surface area contributed by atoms with E-state index in [-0.39, 0.29) is 28.5 Å². The molecule has 0 saturated heterocycles. The fraction of sp³-hybridized carbons (Fsp3) is 0.290. The lowest BCUT2D eigenvalue weighted by Crippen LogP contribution is -2.46. The Morgan fingerprint density at radius 3 is 2.05 bits per heavy atom. The second-order valence-electron chi connectivity index (χ2n) is 10.2. The lowest BCUT2D eigenvalue weighted by atomic mass is 9.98. The molecule has 1 aliphatic heterocycles. The molecule has 0 spiro atoms.